The number of carbonyl (C=O) groups excluding carboxylic acids is 1. The first kappa shape index (κ1) is 14.7. The number of aliphatic hydroxyl groups is 1. The SMILES string of the molecule is O=C(NC(CO)c1ccccc1)c1ccc(Br)cc1F. The first-order valence-electron chi connectivity index (χ1n) is 6.03. The van der Waals surface area contributed by atoms with Crippen LogP contribution in [0, 0.1) is 5.82 Å². The van der Waals surface area contributed by atoms with Gasteiger partial charge in [-0.2, -0.15) is 0 Å². The van der Waals surface area contributed by atoms with Crippen molar-refractivity contribution in [2.24, 2.45) is 0 Å². The monoisotopic (exact) mass is 337 g/mol. The summed E-state index contributed by atoms with van der Waals surface area (Å²) in [6.45, 7) is -0.256. The summed E-state index contributed by atoms with van der Waals surface area (Å²) in [4.78, 5) is 12.0. The van der Waals surface area contributed by atoms with Gasteiger partial charge in [0, 0.05) is 4.47 Å². The first-order valence-corrected chi connectivity index (χ1v) is 6.83. The van der Waals surface area contributed by atoms with Gasteiger partial charge in [0.25, 0.3) is 5.91 Å². The number of halogens is 2. The van der Waals surface area contributed by atoms with Crippen molar-refractivity contribution in [3.8, 4) is 0 Å². The zero-order valence-corrected chi connectivity index (χ0v) is 12.1. The predicted octanol–water partition coefficient (Wildman–Crippen LogP) is 3.05. The Kier molecular flexibility index (Phi) is 4.87. The smallest absolute Gasteiger partial charge is 0.254 e. The number of nitrogens with one attached hydrogen (secondary N) is 1. The van der Waals surface area contributed by atoms with Crippen LogP contribution in [0.2, 0.25) is 0 Å². The highest BCUT2D eigenvalue weighted by molar-refractivity contribution is 9.10. The summed E-state index contributed by atoms with van der Waals surface area (Å²) >= 11 is 3.13. The van der Waals surface area contributed by atoms with Gasteiger partial charge in [-0.15, -0.1) is 0 Å². The fourth-order valence-corrected chi connectivity index (χ4v) is 2.16. The Bertz CT molecular complexity index is 604. The molecule has 0 fully saturated rings. The van der Waals surface area contributed by atoms with E-state index in [4.69, 9.17) is 0 Å². The zero-order valence-electron chi connectivity index (χ0n) is 10.5. The molecule has 0 aromatic heterocycles. The molecule has 0 radical (unpaired) electrons. The molecule has 0 saturated heterocycles. The first-order chi connectivity index (χ1) is 9.61. The fourth-order valence-electron chi connectivity index (χ4n) is 1.83. The lowest BCUT2D eigenvalue weighted by molar-refractivity contribution is 0.0912. The van der Waals surface area contributed by atoms with Gasteiger partial charge in [-0.05, 0) is 23.8 Å². The summed E-state index contributed by atoms with van der Waals surface area (Å²) in [5, 5.41) is 12.0. The number of hydrogen-bond acceptors (Lipinski definition) is 2. The summed E-state index contributed by atoms with van der Waals surface area (Å²) in [5.41, 5.74) is 0.712. The van der Waals surface area contributed by atoms with E-state index in [1.807, 2.05) is 18.2 Å². The van der Waals surface area contributed by atoms with Gasteiger partial charge in [-0.1, -0.05) is 46.3 Å². The van der Waals surface area contributed by atoms with Crippen LogP contribution in [0.5, 0.6) is 0 Å². The molecule has 1 atom stereocenters. The highest BCUT2D eigenvalue weighted by atomic mass is 79.9. The number of carbonyl (C=O) groups is 1. The van der Waals surface area contributed by atoms with Crippen molar-refractivity contribution in [1.29, 1.82) is 0 Å². The highest BCUT2D eigenvalue weighted by Crippen LogP contribution is 2.17. The molecule has 0 spiro atoms. The molecule has 0 saturated carbocycles. The zero-order chi connectivity index (χ0) is 14.5. The molecule has 0 heterocycles. The number of amides is 1. The van der Waals surface area contributed by atoms with E-state index in [9.17, 15) is 14.3 Å². The third kappa shape index (κ3) is 3.43. The van der Waals surface area contributed by atoms with Crippen LogP contribution in [0.4, 0.5) is 4.39 Å². The molecule has 2 aromatic rings. The lowest BCUT2D eigenvalue weighted by Crippen LogP contribution is -2.31. The van der Waals surface area contributed by atoms with Crippen LogP contribution in [0.25, 0.3) is 0 Å². The second kappa shape index (κ2) is 6.63. The van der Waals surface area contributed by atoms with Crippen LogP contribution in [-0.4, -0.2) is 17.6 Å². The van der Waals surface area contributed by atoms with Crippen LogP contribution >= 0.6 is 15.9 Å². The van der Waals surface area contributed by atoms with Crippen molar-refractivity contribution in [3.63, 3.8) is 0 Å². The minimum Gasteiger partial charge on any atom is -0.394 e. The van der Waals surface area contributed by atoms with Crippen LogP contribution in [-0.2, 0) is 0 Å². The summed E-state index contributed by atoms with van der Waals surface area (Å²) in [6, 6.07) is 12.7. The Morgan fingerprint density at radius 3 is 2.55 bits per heavy atom. The van der Waals surface area contributed by atoms with Crippen LogP contribution < -0.4 is 5.32 Å². The van der Waals surface area contributed by atoms with Gasteiger partial charge in [0.2, 0.25) is 0 Å². The van der Waals surface area contributed by atoms with Crippen molar-refractivity contribution in [1.82, 2.24) is 5.32 Å². The van der Waals surface area contributed by atoms with Crippen LogP contribution in [0.15, 0.2) is 53.0 Å². The van der Waals surface area contributed by atoms with E-state index >= 15 is 0 Å². The summed E-state index contributed by atoms with van der Waals surface area (Å²) in [7, 11) is 0. The van der Waals surface area contributed by atoms with E-state index in [1.54, 1.807) is 18.2 Å². The quantitative estimate of drug-likeness (QED) is 0.900. The normalized spacial score (nSPS) is 11.9. The van der Waals surface area contributed by atoms with Crippen molar-refractivity contribution in [3.05, 3.63) is 69.9 Å². The second-order valence-corrected chi connectivity index (χ2v) is 5.16. The van der Waals surface area contributed by atoms with Crippen molar-refractivity contribution in [2.45, 2.75) is 6.04 Å². The van der Waals surface area contributed by atoms with E-state index in [0.717, 1.165) is 5.56 Å². The number of rotatable bonds is 4. The van der Waals surface area contributed by atoms with Crippen LogP contribution in [0.1, 0.15) is 22.0 Å². The molecule has 0 aliphatic heterocycles. The maximum Gasteiger partial charge on any atom is 0.254 e. The molecule has 0 aliphatic rings. The lowest BCUT2D eigenvalue weighted by atomic mass is 10.1. The maximum absolute atomic E-state index is 13.7. The molecule has 0 bridgehead atoms. The Morgan fingerprint density at radius 1 is 1.25 bits per heavy atom. The van der Waals surface area contributed by atoms with Gasteiger partial charge < -0.3 is 10.4 Å². The molecule has 3 nitrogen and oxygen atoms in total. The van der Waals surface area contributed by atoms with Gasteiger partial charge in [-0.25, -0.2) is 4.39 Å². The summed E-state index contributed by atoms with van der Waals surface area (Å²) in [6.07, 6.45) is 0. The van der Waals surface area contributed by atoms with Gasteiger partial charge in [0.1, 0.15) is 5.82 Å². The average Bonchev–Trinajstić information content (AvgIpc) is 2.45. The topological polar surface area (TPSA) is 49.3 Å². The molecular weight excluding hydrogens is 325 g/mol. The lowest BCUT2D eigenvalue weighted by Gasteiger charge is -2.17. The van der Waals surface area contributed by atoms with Gasteiger partial charge >= 0.3 is 0 Å². The Morgan fingerprint density at radius 2 is 1.95 bits per heavy atom. The highest BCUT2D eigenvalue weighted by Gasteiger charge is 2.17. The molecule has 5 heteroatoms. The molecule has 104 valence electrons. The standard InChI is InChI=1S/C15H13BrFNO2/c16-11-6-7-12(13(17)8-11)15(20)18-14(9-19)10-4-2-1-3-5-10/h1-8,14,19H,9H2,(H,18,20). The van der Waals surface area contributed by atoms with Crippen molar-refractivity contribution >= 4 is 21.8 Å². The third-order valence-corrected chi connectivity index (χ3v) is 3.36. The van der Waals surface area contributed by atoms with Gasteiger partial charge in [0.05, 0.1) is 18.2 Å². The molecule has 0 aliphatic carbocycles. The summed E-state index contributed by atoms with van der Waals surface area (Å²) < 4.78 is 14.3. The van der Waals surface area contributed by atoms with Crippen molar-refractivity contribution in [2.75, 3.05) is 6.61 Å². The predicted molar refractivity (Wildman–Crippen MR) is 77.8 cm³/mol. The van der Waals surface area contributed by atoms with E-state index in [2.05, 4.69) is 21.2 Å². The number of hydrogen-bond donors (Lipinski definition) is 2. The van der Waals surface area contributed by atoms with E-state index < -0.39 is 17.8 Å². The number of benzene rings is 2. The maximum atomic E-state index is 13.7. The third-order valence-electron chi connectivity index (χ3n) is 2.87. The van der Waals surface area contributed by atoms with E-state index in [0.29, 0.717) is 4.47 Å². The van der Waals surface area contributed by atoms with Gasteiger partial charge in [-0.3, -0.25) is 4.79 Å². The van der Waals surface area contributed by atoms with E-state index in [-0.39, 0.29) is 12.2 Å². The minimum atomic E-state index is -0.610. The fraction of sp³-hybridized carbons (Fsp3) is 0.133. The number of aliphatic hydroxyl groups excluding tert-OH is 1. The Labute approximate surface area is 124 Å². The minimum absolute atomic E-state index is 0.0532. The second-order valence-electron chi connectivity index (χ2n) is 4.24. The largest absolute Gasteiger partial charge is 0.394 e. The van der Waals surface area contributed by atoms with Gasteiger partial charge in [0.15, 0.2) is 0 Å². The Balaban J connectivity index is 2.17. The molecule has 1 amide bonds. The molecule has 2 N–H and O–H groups in total. The van der Waals surface area contributed by atoms with E-state index in [1.165, 1.54) is 12.1 Å². The summed E-state index contributed by atoms with van der Waals surface area (Å²) in [5.74, 6) is -1.17. The van der Waals surface area contributed by atoms with Crippen molar-refractivity contribution < 1.29 is 14.3 Å². The molecular formula is C15H13BrFNO2. The Hall–Kier alpha value is -1.72. The van der Waals surface area contributed by atoms with Crippen LogP contribution in [0.3, 0.4) is 0 Å². The molecule has 20 heavy (non-hydrogen) atoms. The average molecular weight is 338 g/mol. The molecule has 2 aromatic carbocycles. The molecule has 2 rings (SSSR count). The molecule has 1 unspecified atom stereocenters.